The van der Waals surface area contributed by atoms with Gasteiger partial charge in [-0.3, -0.25) is 0 Å². The van der Waals surface area contributed by atoms with Gasteiger partial charge in [-0.25, -0.2) is 0 Å². The maximum absolute atomic E-state index is 2.58. The SMILES string of the molecule is c1ccc(-c2cccc(-n3c4ccccc4c4cc(-c5cc6sc7ccccc7c6c6c5c5ccccc5n6-c5cccc6cc(-c7cccc(-c8ccc(-n9c%10ccccc%10c%10cc(-c%11cc%12sc%13ccccc%13c%12c%12c%11c%11ccccc%11n%12-c%11cccc%12ccccc%11%12)ccc%109)cc8)c7)ccc56)ccc43)c2)cc1. The Morgan fingerprint density at radius 2 is 0.555 bits per heavy atom. The first-order chi connectivity index (χ1) is 54.6. The molecule has 0 aliphatic rings. The lowest BCUT2D eigenvalue weighted by Gasteiger charge is -2.15. The van der Waals surface area contributed by atoms with Crippen LogP contribution in [0.2, 0.25) is 0 Å². The molecule has 24 rings (SSSR count). The van der Waals surface area contributed by atoms with E-state index in [0.29, 0.717) is 0 Å². The number of rotatable bonds is 9. The van der Waals surface area contributed by atoms with Crippen molar-refractivity contribution in [2.45, 2.75) is 0 Å². The maximum atomic E-state index is 2.58. The normalized spacial score (nSPS) is 12.2. The molecule has 0 aliphatic heterocycles. The first-order valence-corrected chi connectivity index (χ1v) is 39.4. The van der Waals surface area contributed by atoms with Gasteiger partial charge < -0.3 is 18.3 Å². The average Bonchev–Trinajstić information content (AvgIpc) is 1.54. The van der Waals surface area contributed by atoms with E-state index >= 15 is 0 Å². The van der Waals surface area contributed by atoms with Gasteiger partial charge in [0.2, 0.25) is 0 Å². The Labute approximate surface area is 639 Å². The van der Waals surface area contributed by atoms with Crippen molar-refractivity contribution in [3.8, 4) is 78.4 Å². The molecule has 6 aromatic heterocycles. The van der Waals surface area contributed by atoms with Gasteiger partial charge in [0.15, 0.2) is 0 Å². The largest absolute Gasteiger partial charge is 0.309 e. The zero-order valence-electron chi connectivity index (χ0n) is 59.4. The number of hydrogen-bond acceptors (Lipinski definition) is 2. The number of thiophene rings is 2. The van der Waals surface area contributed by atoms with Crippen LogP contribution in [0.15, 0.2) is 376 Å². The minimum atomic E-state index is 1.12. The molecule has 0 fully saturated rings. The monoisotopic (exact) mass is 1430 g/mol. The number of hydrogen-bond donors (Lipinski definition) is 0. The van der Waals surface area contributed by atoms with E-state index < -0.39 is 0 Å². The third kappa shape index (κ3) is 9.06. The van der Waals surface area contributed by atoms with Gasteiger partial charge >= 0.3 is 0 Å². The van der Waals surface area contributed by atoms with Gasteiger partial charge in [-0.1, -0.05) is 255 Å². The molecule has 0 amide bonds. The van der Waals surface area contributed by atoms with E-state index in [9.17, 15) is 0 Å². The van der Waals surface area contributed by atoms with Crippen LogP contribution in [0.3, 0.4) is 0 Å². The summed E-state index contributed by atoms with van der Waals surface area (Å²) in [5, 5.41) is 19.9. The van der Waals surface area contributed by atoms with E-state index in [1.807, 2.05) is 22.7 Å². The Morgan fingerprint density at radius 3 is 1.14 bits per heavy atom. The highest BCUT2D eigenvalue weighted by atomic mass is 32.1. The number of nitrogens with zero attached hydrogens (tertiary/aromatic N) is 4. The van der Waals surface area contributed by atoms with Crippen molar-refractivity contribution in [2.24, 2.45) is 0 Å². The third-order valence-corrected chi connectivity index (χ3v) is 25.7. The zero-order valence-corrected chi connectivity index (χ0v) is 61.0. The summed E-state index contributed by atoms with van der Waals surface area (Å²) < 4.78 is 15.2. The average molecular weight is 1430 g/mol. The summed E-state index contributed by atoms with van der Waals surface area (Å²) in [4.78, 5) is 0. The van der Waals surface area contributed by atoms with Gasteiger partial charge in [0.1, 0.15) is 0 Å². The molecule has 0 radical (unpaired) electrons. The van der Waals surface area contributed by atoms with Crippen LogP contribution in [-0.4, -0.2) is 18.3 Å². The summed E-state index contributed by atoms with van der Waals surface area (Å²) in [5.74, 6) is 0. The molecular weight excluding hydrogens is 1370 g/mol. The molecule has 0 N–H and O–H groups in total. The highest BCUT2D eigenvalue weighted by Crippen LogP contribution is 2.52. The molecule has 6 heterocycles. The molecule has 0 saturated heterocycles. The summed E-state index contributed by atoms with van der Waals surface area (Å²) in [6.07, 6.45) is 0. The van der Waals surface area contributed by atoms with E-state index in [1.165, 1.54) is 210 Å². The van der Waals surface area contributed by atoms with Gasteiger partial charge in [0.05, 0.1) is 55.5 Å². The van der Waals surface area contributed by atoms with Crippen LogP contribution in [0.4, 0.5) is 0 Å². The minimum Gasteiger partial charge on any atom is -0.309 e. The molecule has 18 aromatic carbocycles. The van der Waals surface area contributed by atoms with Crippen molar-refractivity contribution in [1.29, 1.82) is 0 Å². The standard InChI is InChI=1S/C104H62N4S2/c1-2-22-63(23-3-1)68-28-19-30-74(58-68)106-90-39-13-7-33-78(90)86-60-72(50-55-94(86)106)84-62-98-102(82-37-11-17-45-96(82)110-98)104-100(84)80-35-9-15-41-92(80)108(104)88-43-21-29-70-57-69(48-53-76(70)88)67-27-18-26-66(56-67)64-46-51-73(52-47-64)105-89-38-12-6-32-77(89)85-59-71(49-54-93(85)105)83-61-97-101(81-36-10-16-44-95(81)109-97)103-99(83)79-34-8-14-40-91(79)107(103)87-42-20-25-65-24-4-5-31-75(65)87/h1-62H. The predicted molar refractivity (Wildman–Crippen MR) is 472 cm³/mol. The van der Waals surface area contributed by atoms with Crippen molar-refractivity contribution >= 4 is 172 Å². The number of para-hydroxylation sites is 4. The van der Waals surface area contributed by atoms with Gasteiger partial charge in [0, 0.05) is 106 Å². The Morgan fingerprint density at radius 1 is 0.173 bits per heavy atom. The van der Waals surface area contributed by atoms with Gasteiger partial charge in [0.25, 0.3) is 0 Å². The van der Waals surface area contributed by atoms with Crippen LogP contribution in [0.1, 0.15) is 0 Å². The molecule has 4 nitrogen and oxygen atoms in total. The lowest BCUT2D eigenvalue weighted by atomic mass is 9.95. The van der Waals surface area contributed by atoms with Gasteiger partial charge in [-0.2, -0.15) is 0 Å². The summed E-state index contributed by atoms with van der Waals surface area (Å²) in [5.41, 5.74) is 26.2. The fraction of sp³-hybridized carbons (Fsp3) is 0. The van der Waals surface area contributed by atoms with Crippen LogP contribution in [0.5, 0.6) is 0 Å². The molecular formula is C104H62N4S2. The predicted octanol–water partition coefficient (Wildman–Crippen LogP) is 29.5. The zero-order chi connectivity index (χ0) is 71.8. The Bertz CT molecular complexity index is 8030. The second-order valence-electron chi connectivity index (χ2n) is 29.4. The first kappa shape index (κ1) is 61.3. The Hall–Kier alpha value is -13.9. The fourth-order valence-electron chi connectivity index (χ4n) is 18.7. The van der Waals surface area contributed by atoms with Crippen molar-refractivity contribution in [3.05, 3.63) is 376 Å². The first-order valence-electron chi connectivity index (χ1n) is 37.8. The Kier molecular flexibility index (Phi) is 13.3. The highest BCUT2D eigenvalue weighted by molar-refractivity contribution is 7.26. The van der Waals surface area contributed by atoms with Crippen molar-refractivity contribution < 1.29 is 0 Å². The smallest absolute Gasteiger partial charge is 0.0640 e. The van der Waals surface area contributed by atoms with Crippen LogP contribution >= 0.6 is 22.7 Å². The molecule has 24 aromatic rings. The second-order valence-corrected chi connectivity index (χ2v) is 31.5. The molecule has 0 spiro atoms. The molecule has 0 atom stereocenters. The molecule has 110 heavy (non-hydrogen) atoms. The van der Waals surface area contributed by atoms with E-state index in [-0.39, 0.29) is 0 Å². The number of fused-ring (bicyclic) bond motifs is 22. The minimum absolute atomic E-state index is 1.12. The maximum Gasteiger partial charge on any atom is 0.0640 e. The van der Waals surface area contributed by atoms with E-state index in [4.69, 9.17) is 0 Å². The summed E-state index contributed by atoms with van der Waals surface area (Å²) >= 11 is 3.78. The Balaban J connectivity index is 0.601. The topological polar surface area (TPSA) is 19.7 Å². The molecule has 0 aliphatic carbocycles. The van der Waals surface area contributed by atoms with Crippen molar-refractivity contribution in [2.75, 3.05) is 0 Å². The van der Waals surface area contributed by atoms with E-state index in [1.54, 1.807) is 0 Å². The summed E-state index contributed by atoms with van der Waals surface area (Å²) in [7, 11) is 0. The molecule has 6 heteroatoms. The summed E-state index contributed by atoms with van der Waals surface area (Å²) in [6, 6.07) is 141. The molecule has 0 unspecified atom stereocenters. The molecule has 0 bridgehead atoms. The van der Waals surface area contributed by atoms with Crippen LogP contribution < -0.4 is 0 Å². The van der Waals surface area contributed by atoms with Crippen LogP contribution in [-0.2, 0) is 0 Å². The van der Waals surface area contributed by atoms with E-state index in [0.717, 1.165) is 17.1 Å². The highest BCUT2D eigenvalue weighted by Gasteiger charge is 2.27. The quantitative estimate of drug-likeness (QED) is 0.137. The van der Waals surface area contributed by atoms with Gasteiger partial charge in [-0.15, -0.1) is 22.7 Å². The fourth-order valence-corrected chi connectivity index (χ4v) is 21.0. The number of benzene rings is 18. The van der Waals surface area contributed by atoms with Crippen LogP contribution in [0, 0.1) is 0 Å². The van der Waals surface area contributed by atoms with Gasteiger partial charge in [-0.05, 0) is 188 Å². The third-order valence-electron chi connectivity index (χ3n) is 23.5. The second kappa shape index (κ2) is 23.8. The number of aromatic nitrogens is 4. The van der Waals surface area contributed by atoms with Crippen molar-refractivity contribution in [1.82, 2.24) is 18.3 Å². The molecule has 510 valence electrons. The lowest BCUT2D eigenvalue weighted by molar-refractivity contribution is 1.18. The summed E-state index contributed by atoms with van der Waals surface area (Å²) in [6.45, 7) is 0. The van der Waals surface area contributed by atoms with E-state index in [2.05, 4.69) is 394 Å². The molecule has 0 saturated carbocycles. The lowest BCUT2D eigenvalue weighted by Crippen LogP contribution is -1.96. The van der Waals surface area contributed by atoms with Crippen LogP contribution in [0.25, 0.3) is 227 Å². The van der Waals surface area contributed by atoms with Crippen molar-refractivity contribution in [3.63, 3.8) is 0 Å².